The van der Waals surface area contributed by atoms with E-state index in [1.807, 2.05) is 0 Å². The van der Waals surface area contributed by atoms with E-state index in [0.717, 1.165) is 0 Å². The minimum Gasteiger partial charge on any atom is -0.503 e. The van der Waals surface area contributed by atoms with E-state index in [2.05, 4.69) is 5.73 Å². The summed E-state index contributed by atoms with van der Waals surface area (Å²) < 4.78 is 4.79. The third kappa shape index (κ3) is 1.54. The molecule has 0 aliphatic rings. The minimum absolute atomic E-state index is 0.0971. The Bertz CT molecular complexity index is 348. The molecule has 0 bridgehead atoms. The van der Waals surface area contributed by atoms with E-state index in [9.17, 15) is 9.90 Å². The maximum atomic E-state index is 10.6. The molecule has 0 unspecified atom stereocenters. The van der Waals surface area contributed by atoms with Crippen LogP contribution < -0.4 is 10.5 Å². The molecule has 13 heavy (non-hydrogen) atoms. The third-order valence-corrected chi connectivity index (χ3v) is 1.65. The van der Waals surface area contributed by atoms with Crippen LogP contribution in [-0.4, -0.2) is 23.3 Å². The molecule has 0 atom stereocenters. The van der Waals surface area contributed by atoms with Crippen LogP contribution in [0.5, 0.6) is 11.5 Å². The van der Waals surface area contributed by atoms with Gasteiger partial charge in [-0.3, -0.25) is 0 Å². The number of quaternary nitrogens is 1. The highest BCUT2D eigenvalue weighted by Gasteiger charge is 2.17. The molecule has 0 fully saturated rings. The number of carboxylic acids is 1. The molecule has 0 aromatic heterocycles. The fourth-order valence-electron chi connectivity index (χ4n) is 1.01. The van der Waals surface area contributed by atoms with Crippen molar-refractivity contribution < 1.29 is 25.5 Å². The fourth-order valence-corrected chi connectivity index (χ4v) is 1.01. The Morgan fingerprint density at radius 3 is 2.62 bits per heavy atom. The Labute approximate surface area is 74.4 Å². The molecule has 5 heteroatoms. The largest absolute Gasteiger partial charge is 0.503 e. The average molecular weight is 184 g/mol. The van der Waals surface area contributed by atoms with Crippen molar-refractivity contribution in [2.75, 3.05) is 7.11 Å². The monoisotopic (exact) mass is 184 g/mol. The maximum absolute atomic E-state index is 10.6. The molecule has 70 valence electrons. The summed E-state index contributed by atoms with van der Waals surface area (Å²) >= 11 is 0. The summed E-state index contributed by atoms with van der Waals surface area (Å²) in [4.78, 5) is 10.6. The second-order valence-corrected chi connectivity index (χ2v) is 2.46. The topological polar surface area (TPSA) is 94.4 Å². The first-order chi connectivity index (χ1) is 6.07. The van der Waals surface area contributed by atoms with Gasteiger partial charge >= 0.3 is 5.97 Å². The van der Waals surface area contributed by atoms with Gasteiger partial charge in [-0.15, -0.1) is 0 Å². The molecule has 1 rings (SSSR count). The number of aromatic hydroxyl groups is 1. The van der Waals surface area contributed by atoms with E-state index in [-0.39, 0.29) is 17.1 Å². The number of ether oxygens (including phenoxy) is 1. The number of carboxylic acid groups (broad SMARTS) is 1. The van der Waals surface area contributed by atoms with Crippen molar-refractivity contribution in [2.24, 2.45) is 0 Å². The van der Waals surface area contributed by atoms with Crippen molar-refractivity contribution in [1.29, 1.82) is 0 Å². The molecular weight excluding hydrogens is 174 g/mol. The molecule has 1 aromatic carbocycles. The van der Waals surface area contributed by atoms with Gasteiger partial charge in [0.1, 0.15) is 5.56 Å². The Kier molecular flexibility index (Phi) is 2.39. The van der Waals surface area contributed by atoms with Gasteiger partial charge in [0.25, 0.3) is 0 Å². The predicted octanol–water partition coefficient (Wildman–Crippen LogP) is -0.0276. The summed E-state index contributed by atoms with van der Waals surface area (Å²) in [6.07, 6.45) is 0. The van der Waals surface area contributed by atoms with Crippen molar-refractivity contribution in [3.05, 3.63) is 17.7 Å². The number of aromatic carboxylic acids is 1. The smallest absolute Gasteiger partial charge is 0.339 e. The Balaban J connectivity index is 3.35. The molecule has 0 spiro atoms. The molecule has 1 aromatic rings. The predicted molar refractivity (Wildman–Crippen MR) is 44.2 cm³/mol. The molecule has 0 heterocycles. The second-order valence-electron chi connectivity index (χ2n) is 2.46. The Morgan fingerprint density at radius 1 is 1.54 bits per heavy atom. The highest BCUT2D eigenvalue weighted by atomic mass is 16.5. The SMILES string of the molecule is COc1c([NH3+])ccc(C(=O)O)c1O. The zero-order valence-electron chi connectivity index (χ0n) is 7.07. The number of carbonyl (C=O) groups is 1. The number of phenols is 1. The molecule has 0 saturated carbocycles. The van der Waals surface area contributed by atoms with Gasteiger partial charge < -0.3 is 20.7 Å². The first-order valence-electron chi connectivity index (χ1n) is 3.53. The van der Waals surface area contributed by atoms with Crippen LogP contribution in [0.2, 0.25) is 0 Å². The van der Waals surface area contributed by atoms with E-state index in [4.69, 9.17) is 9.84 Å². The molecule has 5 nitrogen and oxygen atoms in total. The number of methoxy groups -OCH3 is 1. The molecule has 0 saturated heterocycles. The van der Waals surface area contributed by atoms with E-state index in [0.29, 0.717) is 5.69 Å². The van der Waals surface area contributed by atoms with Gasteiger partial charge in [0.05, 0.1) is 7.11 Å². The summed E-state index contributed by atoms with van der Waals surface area (Å²) in [6, 6.07) is 2.75. The van der Waals surface area contributed by atoms with Gasteiger partial charge in [-0.25, -0.2) is 4.79 Å². The van der Waals surface area contributed by atoms with Gasteiger partial charge in [0.15, 0.2) is 11.4 Å². The van der Waals surface area contributed by atoms with Crippen LogP contribution in [0.3, 0.4) is 0 Å². The van der Waals surface area contributed by atoms with Gasteiger partial charge in [-0.05, 0) is 6.07 Å². The minimum atomic E-state index is -1.20. The van der Waals surface area contributed by atoms with Gasteiger partial charge in [0, 0.05) is 6.07 Å². The zero-order chi connectivity index (χ0) is 10.0. The Morgan fingerprint density at radius 2 is 2.15 bits per heavy atom. The molecule has 5 N–H and O–H groups in total. The lowest BCUT2D eigenvalue weighted by molar-refractivity contribution is -0.256. The first-order valence-corrected chi connectivity index (χ1v) is 3.53. The van der Waals surface area contributed by atoms with Crippen LogP contribution in [-0.2, 0) is 0 Å². The van der Waals surface area contributed by atoms with E-state index in [1.165, 1.54) is 19.2 Å². The summed E-state index contributed by atoms with van der Waals surface area (Å²) in [5, 5.41) is 18.0. The standard InChI is InChI=1S/C8H9NO4/c1-13-7-5(9)3-2-4(6(7)10)8(11)12/h2-3,10H,9H2,1H3,(H,11,12)/p+1. The van der Waals surface area contributed by atoms with E-state index in [1.54, 1.807) is 0 Å². The lowest BCUT2D eigenvalue weighted by Crippen LogP contribution is -2.40. The number of hydrogen-bond donors (Lipinski definition) is 3. The number of hydrogen-bond acceptors (Lipinski definition) is 3. The highest BCUT2D eigenvalue weighted by molar-refractivity contribution is 5.92. The molecule has 0 radical (unpaired) electrons. The molecule has 0 aliphatic heterocycles. The summed E-state index contributed by atoms with van der Waals surface area (Å²) in [7, 11) is 1.34. The quantitative estimate of drug-likeness (QED) is 0.601. The van der Waals surface area contributed by atoms with Crippen LogP contribution >= 0.6 is 0 Å². The number of rotatable bonds is 2. The Hall–Kier alpha value is -1.75. The van der Waals surface area contributed by atoms with Crippen LogP contribution in [0.15, 0.2) is 12.1 Å². The van der Waals surface area contributed by atoms with Crippen molar-refractivity contribution in [3.63, 3.8) is 0 Å². The van der Waals surface area contributed by atoms with Gasteiger partial charge in [-0.2, -0.15) is 0 Å². The fraction of sp³-hybridized carbons (Fsp3) is 0.125. The third-order valence-electron chi connectivity index (χ3n) is 1.65. The summed E-state index contributed by atoms with van der Waals surface area (Å²) in [6.45, 7) is 0. The van der Waals surface area contributed by atoms with Crippen LogP contribution in [0.25, 0.3) is 0 Å². The molecular formula is C8H10NO4+. The van der Waals surface area contributed by atoms with Crippen molar-refractivity contribution in [3.8, 4) is 11.5 Å². The summed E-state index contributed by atoms with van der Waals surface area (Å²) in [5.41, 5.74) is 3.83. The van der Waals surface area contributed by atoms with Crippen LogP contribution in [0.1, 0.15) is 10.4 Å². The van der Waals surface area contributed by atoms with Gasteiger partial charge in [-0.1, -0.05) is 0 Å². The summed E-state index contributed by atoms with van der Waals surface area (Å²) in [5.74, 6) is -1.49. The van der Waals surface area contributed by atoms with Crippen molar-refractivity contribution in [1.82, 2.24) is 0 Å². The molecule has 0 aliphatic carbocycles. The van der Waals surface area contributed by atoms with E-state index < -0.39 is 5.97 Å². The second kappa shape index (κ2) is 3.32. The lowest BCUT2D eigenvalue weighted by Gasteiger charge is -2.05. The maximum Gasteiger partial charge on any atom is 0.339 e. The highest BCUT2D eigenvalue weighted by Crippen LogP contribution is 2.34. The normalized spacial score (nSPS) is 9.69. The molecule has 0 amide bonds. The van der Waals surface area contributed by atoms with Crippen LogP contribution in [0, 0.1) is 0 Å². The van der Waals surface area contributed by atoms with Crippen LogP contribution in [0.4, 0.5) is 5.69 Å². The van der Waals surface area contributed by atoms with E-state index >= 15 is 0 Å². The van der Waals surface area contributed by atoms with Crippen molar-refractivity contribution >= 4 is 11.7 Å². The zero-order valence-corrected chi connectivity index (χ0v) is 7.07. The average Bonchev–Trinajstić information content (AvgIpc) is 2.04. The number of benzene rings is 1. The van der Waals surface area contributed by atoms with Crippen molar-refractivity contribution in [2.45, 2.75) is 0 Å². The van der Waals surface area contributed by atoms with Gasteiger partial charge in [0.2, 0.25) is 5.75 Å². The lowest BCUT2D eigenvalue weighted by atomic mass is 10.1. The first kappa shape index (κ1) is 9.34.